The van der Waals surface area contributed by atoms with E-state index in [4.69, 9.17) is 4.74 Å². The Balaban J connectivity index is 2.16. The van der Waals surface area contributed by atoms with Crippen LogP contribution in [0.15, 0.2) is 18.2 Å². The maximum atomic E-state index is 13.5. The number of halogens is 1. The van der Waals surface area contributed by atoms with Crippen LogP contribution in [-0.4, -0.2) is 31.8 Å². The lowest BCUT2D eigenvalue weighted by molar-refractivity contribution is 0.0384. The molecule has 1 N–H and O–H groups in total. The highest BCUT2D eigenvalue weighted by Crippen LogP contribution is 2.24. The normalized spacial score (nSPS) is 19.6. The predicted molar refractivity (Wildman–Crippen MR) is 80.6 cm³/mol. The fourth-order valence-electron chi connectivity index (χ4n) is 2.50. The van der Waals surface area contributed by atoms with Gasteiger partial charge in [0.15, 0.2) is 0 Å². The zero-order valence-electron chi connectivity index (χ0n) is 12.7. The molecule has 0 aromatic heterocycles. The summed E-state index contributed by atoms with van der Waals surface area (Å²) in [5, 5.41) is 3.37. The summed E-state index contributed by atoms with van der Waals surface area (Å²) in [5.74, 6) is -0.172. The molecule has 112 valence electrons. The second-order valence-corrected chi connectivity index (χ2v) is 5.66. The monoisotopic (exact) mass is 280 g/mol. The van der Waals surface area contributed by atoms with Crippen molar-refractivity contribution in [3.8, 4) is 0 Å². The lowest BCUT2D eigenvalue weighted by atomic mass is 10.1. The highest BCUT2D eigenvalue weighted by molar-refractivity contribution is 5.54. The van der Waals surface area contributed by atoms with Crippen LogP contribution in [-0.2, 0) is 11.3 Å². The van der Waals surface area contributed by atoms with Gasteiger partial charge in [0.25, 0.3) is 0 Å². The van der Waals surface area contributed by atoms with E-state index in [9.17, 15) is 4.39 Å². The van der Waals surface area contributed by atoms with Crippen molar-refractivity contribution in [1.82, 2.24) is 5.32 Å². The van der Waals surface area contributed by atoms with Gasteiger partial charge in [0, 0.05) is 31.4 Å². The maximum absolute atomic E-state index is 13.5. The van der Waals surface area contributed by atoms with Crippen LogP contribution in [0.1, 0.15) is 32.8 Å². The smallest absolute Gasteiger partial charge is 0.123 e. The van der Waals surface area contributed by atoms with E-state index < -0.39 is 0 Å². The zero-order chi connectivity index (χ0) is 14.5. The minimum absolute atomic E-state index is 0.172. The van der Waals surface area contributed by atoms with Gasteiger partial charge in [0.05, 0.1) is 12.7 Å². The molecule has 0 aliphatic carbocycles. The number of ether oxygens (including phenoxy) is 1. The minimum Gasteiger partial charge on any atom is -0.375 e. The molecule has 3 nitrogen and oxygen atoms in total. The van der Waals surface area contributed by atoms with Gasteiger partial charge in [-0.05, 0) is 30.2 Å². The highest BCUT2D eigenvalue weighted by atomic mass is 19.1. The third-order valence-electron chi connectivity index (χ3n) is 3.68. The van der Waals surface area contributed by atoms with Crippen molar-refractivity contribution in [3.05, 3.63) is 29.6 Å². The molecule has 1 fully saturated rings. The first-order valence-electron chi connectivity index (χ1n) is 7.48. The molecule has 20 heavy (non-hydrogen) atoms. The number of hydrogen-bond donors (Lipinski definition) is 1. The Bertz CT molecular complexity index is 436. The number of nitrogens with one attached hydrogen (secondary N) is 1. The maximum Gasteiger partial charge on any atom is 0.123 e. The lowest BCUT2D eigenvalue weighted by Crippen LogP contribution is -2.42. The van der Waals surface area contributed by atoms with Crippen LogP contribution in [0.3, 0.4) is 0 Å². The van der Waals surface area contributed by atoms with Crippen LogP contribution in [0.4, 0.5) is 10.1 Å². The summed E-state index contributed by atoms with van der Waals surface area (Å²) in [4.78, 5) is 2.31. The van der Waals surface area contributed by atoms with Gasteiger partial charge >= 0.3 is 0 Å². The van der Waals surface area contributed by atoms with Crippen molar-refractivity contribution in [3.63, 3.8) is 0 Å². The molecule has 1 unspecified atom stereocenters. The molecule has 0 amide bonds. The quantitative estimate of drug-likeness (QED) is 0.897. The first-order valence-corrected chi connectivity index (χ1v) is 7.48. The number of benzene rings is 1. The second-order valence-electron chi connectivity index (χ2n) is 5.66. The van der Waals surface area contributed by atoms with Crippen LogP contribution < -0.4 is 10.2 Å². The average Bonchev–Trinajstić information content (AvgIpc) is 2.45. The van der Waals surface area contributed by atoms with Crippen molar-refractivity contribution in [1.29, 1.82) is 0 Å². The van der Waals surface area contributed by atoms with Gasteiger partial charge in [-0.3, -0.25) is 0 Å². The molecule has 4 heteroatoms. The Labute approximate surface area is 121 Å². The fraction of sp³-hybridized carbons (Fsp3) is 0.625. The van der Waals surface area contributed by atoms with Gasteiger partial charge in [-0.2, -0.15) is 0 Å². The van der Waals surface area contributed by atoms with E-state index in [0.29, 0.717) is 12.6 Å². The zero-order valence-corrected chi connectivity index (χ0v) is 12.7. The Kier molecular flexibility index (Phi) is 5.38. The molecular formula is C16H25FN2O. The topological polar surface area (TPSA) is 24.5 Å². The van der Waals surface area contributed by atoms with E-state index in [2.05, 4.69) is 31.0 Å². The Morgan fingerprint density at radius 1 is 1.45 bits per heavy atom. The Morgan fingerprint density at radius 2 is 2.25 bits per heavy atom. The molecule has 1 atom stereocenters. The summed E-state index contributed by atoms with van der Waals surface area (Å²) < 4.78 is 19.2. The summed E-state index contributed by atoms with van der Waals surface area (Å²) >= 11 is 0. The molecule has 2 rings (SSSR count). The van der Waals surface area contributed by atoms with Crippen LogP contribution >= 0.6 is 0 Å². The molecule has 1 aliphatic rings. The minimum atomic E-state index is -0.172. The van der Waals surface area contributed by atoms with E-state index >= 15 is 0 Å². The van der Waals surface area contributed by atoms with Gasteiger partial charge in [0.1, 0.15) is 5.82 Å². The third kappa shape index (κ3) is 3.93. The molecule has 1 aliphatic heterocycles. The van der Waals surface area contributed by atoms with E-state index in [1.54, 1.807) is 12.1 Å². The number of nitrogens with zero attached hydrogens (tertiary/aromatic N) is 1. The van der Waals surface area contributed by atoms with E-state index in [1.807, 2.05) is 6.07 Å². The largest absolute Gasteiger partial charge is 0.375 e. The molecular weight excluding hydrogens is 255 g/mol. The lowest BCUT2D eigenvalue weighted by Gasteiger charge is -2.35. The van der Waals surface area contributed by atoms with Gasteiger partial charge in [-0.15, -0.1) is 0 Å². The van der Waals surface area contributed by atoms with Crippen molar-refractivity contribution in [2.45, 2.75) is 45.9 Å². The summed E-state index contributed by atoms with van der Waals surface area (Å²) in [6.07, 6.45) is 1.29. The van der Waals surface area contributed by atoms with Crippen LogP contribution in [0.25, 0.3) is 0 Å². The molecule has 1 saturated heterocycles. The summed E-state index contributed by atoms with van der Waals surface area (Å²) in [7, 11) is 0. The summed E-state index contributed by atoms with van der Waals surface area (Å²) in [6, 6.07) is 5.47. The van der Waals surface area contributed by atoms with Crippen molar-refractivity contribution in [2.75, 3.05) is 24.6 Å². The van der Waals surface area contributed by atoms with Crippen molar-refractivity contribution < 1.29 is 9.13 Å². The summed E-state index contributed by atoms with van der Waals surface area (Å²) in [6.45, 7) is 9.53. The van der Waals surface area contributed by atoms with E-state index in [-0.39, 0.29) is 11.9 Å². The van der Waals surface area contributed by atoms with Crippen LogP contribution in [0.5, 0.6) is 0 Å². The van der Waals surface area contributed by atoms with Crippen molar-refractivity contribution >= 4 is 5.69 Å². The molecule has 1 aromatic rings. The molecule has 0 bridgehead atoms. The van der Waals surface area contributed by atoms with Gasteiger partial charge in [0.2, 0.25) is 0 Å². The molecule has 0 spiro atoms. The van der Waals surface area contributed by atoms with Crippen molar-refractivity contribution in [2.24, 2.45) is 0 Å². The van der Waals surface area contributed by atoms with Gasteiger partial charge in [-0.1, -0.05) is 20.8 Å². The van der Waals surface area contributed by atoms with E-state index in [1.165, 1.54) is 0 Å². The highest BCUT2D eigenvalue weighted by Gasteiger charge is 2.21. The van der Waals surface area contributed by atoms with Gasteiger partial charge < -0.3 is 15.0 Å². The van der Waals surface area contributed by atoms with E-state index in [0.717, 1.165) is 37.4 Å². The van der Waals surface area contributed by atoms with Gasteiger partial charge in [-0.25, -0.2) is 4.39 Å². The molecule has 0 saturated carbocycles. The predicted octanol–water partition coefficient (Wildman–Crippen LogP) is 2.94. The number of hydrogen-bond acceptors (Lipinski definition) is 3. The average molecular weight is 280 g/mol. The Hall–Kier alpha value is -1.13. The number of anilines is 1. The first kappa shape index (κ1) is 15.3. The third-order valence-corrected chi connectivity index (χ3v) is 3.68. The number of morpholine rings is 1. The molecule has 0 radical (unpaired) electrons. The fourth-order valence-corrected chi connectivity index (χ4v) is 2.50. The SMILES string of the molecule is CCC1CN(c2ccc(F)cc2CNC(C)C)CCO1. The first-order chi connectivity index (χ1) is 9.60. The summed E-state index contributed by atoms with van der Waals surface area (Å²) in [5.41, 5.74) is 2.15. The molecule has 1 aromatic carbocycles. The standard InChI is InChI=1S/C16H25FN2O/c1-4-15-11-19(7-8-20-15)16-6-5-14(17)9-13(16)10-18-12(2)3/h5-6,9,12,15,18H,4,7-8,10-11H2,1-3H3. The van der Waals surface area contributed by atoms with Crippen LogP contribution in [0, 0.1) is 5.82 Å². The molecule has 1 heterocycles. The Morgan fingerprint density at radius 3 is 2.95 bits per heavy atom. The second kappa shape index (κ2) is 7.04. The van der Waals surface area contributed by atoms with Crippen LogP contribution in [0.2, 0.25) is 0 Å². The number of rotatable bonds is 5.